The Morgan fingerprint density at radius 1 is 0.674 bits per heavy atom. The predicted octanol–water partition coefficient (Wildman–Crippen LogP) is 12.1. The van der Waals surface area contributed by atoms with Gasteiger partial charge in [0.2, 0.25) is 0 Å². The molecule has 4 rings (SSSR count). The monoisotopic (exact) mass is 624 g/mol. The first-order valence-corrected chi connectivity index (χ1v) is 17.6. The van der Waals surface area contributed by atoms with Gasteiger partial charge in [0.05, 0.1) is 28.6 Å². The molecule has 3 aromatic rings. The fraction of sp³-hybridized carbons (Fsp3) is 0.500. The number of benzene rings is 3. The number of rotatable bonds is 17. The first-order chi connectivity index (χ1) is 22.4. The Labute approximate surface area is 276 Å². The number of hydrogen-bond acceptors (Lipinski definition) is 6. The number of hydrogen-bond donors (Lipinski definition) is 0. The van der Waals surface area contributed by atoms with Gasteiger partial charge in [-0.05, 0) is 124 Å². The van der Waals surface area contributed by atoms with E-state index in [-0.39, 0.29) is 12.1 Å². The molecule has 1 fully saturated rings. The van der Waals surface area contributed by atoms with Gasteiger partial charge in [-0.25, -0.2) is 9.59 Å². The molecule has 46 heavy (non-hydrogen) atoms. The first-order valence-electron chi connectivity index (χ1n) is 17.6. The average Bonchev–Trinajstić information content (AvgIpc) is 3.09. The Morgan fingerprint density at radius 2 is 1.22 bits per heavy atom. The lowest BCUT2D eigenvalue weighted by atomic mass is 9.77. The summed E-state index contributed by atoms with van der Waals surface area (Å²) in [5.41, 5.74) is 3.70. The van der Waals surface area contributed by atoms with E-state index in [9.17, 15) is 9.59 Å². The molecule has 0 aromatic heterocycles. The summed E-state index contributed by atoms with van der Waals surface area (Å²) in [5, 5.41) is 8.75. The van der Waals surface area contributed by atoms with Crippen molar-refractivity contribution in [2.45, 2.75) is 123 Å². The number of azo groups is 1. The van der Waals surface area contributed by atoms with E-state index in [1.54, 1.807) is 48.5 Å². The molecule has 1 aliphatic rings. The average molecular weight is 625 g/mol. The molecule has 6 nitrogen and oxygen atoms in total. The SMILES string of the molecule is CCCCCCC1CCC(c2ccc(N=Nc3ccc(C(=O)Oc4ccc(C(=O)O[C@@H](C)CCCCCC)cc4)cc3)cc2)CC1. The Bertz CT molecular complexity index is 1360. The van der Waals surface area contributed by atoms with E-state index in [4.69, 9.17) is 9.47 Å². The van der Waals surface area contributed by atoms with Crippen LogP contribution in [0.15, 0.2) is 83.0 Å². The summed E-state index contributed by atoms with van der Waals surface area (Å²) in [6, 6.07) is 21.8. The zero-order chi connectivity index (χ0) is 32.6. The molecule has 6 heteroatoms. The third-order valence-electron chi connectivity index (χ3n) is 9.13. The fourth-order valence-corrected chi connectivity index (χ4v) is 6.23. The zero-order valence-electron chi connectivity index (χ0n) is 28.1. The van der Waals surface area contributed by atoms with Crippen LogP contribution in [-0.4, -0.2) is 18.0 Å². The number of carbonyl (C=O) groups is 2. The van der Waals surface area contributed by atoms with Gasteiger partial charge in [-0.2, -0.15) is 10.2 Å². The molecule has 246 valence electrons. The standard InChI is InChI=1S/C40H52N2O4/c1-4-6-8-10-12-30(3)45-39(43)35-22-28-38(29-23-35)46-40(44)34-20-26-37(27-21-34)42-41-36-24-18-33(19-25-36)32-16-14-31(15-17-32)13-11-9-7-5-2/h18-32H,4-17H2,1-3H3/t30-,31?,32?/m0/s1. The second-order valence-corrected chi connectivity index (χ2v) is 12.9. The topological polar surface area (TPSA) is 77.3 Å². The molecule has 0 heterocycles. The first kappa shape index (κ1) is 35.1. The van der Waals surface area contributed by atoms with E-state index in [1.165, 1.54) is 76.2 Å². The van der Waals surface area contributed by atoms with Crippen molar-refractivity contribution in [1.29, 1.82) is 0 Å². The van der Waals surface area contributed by atoms with Gasteiger partial charge in [-0.15, -0.1) is 0 Å². The minimum Gasteiger partial charge on any atom is -0.459 e. The fourth-order valence-electron chi connectivity index (χ4n) is 6.23. The highest BCUT2D eigenvalue weighted by molar-refractivity contribution is 5.92. The molecule has 0 aliphatic heterocycles. The molecular formula is C40H52N2O4. The molecule has 1 aliphatic carbocycles. The van der Waals surface area contributed by atoms with Crippen molar-refractivity contribution in [3.63, 3.8) is 0 Å². The van der Waals surface area contributed by atoms with Crippen LogP contribution in [0.1, 0.15) is 143 Å². The molecule has 0 N–H and O–H groups in total. The number of carbonyl (C=O) groups excluding carboxylic acids is 2. The third-order valence-corrected chi connectivity index (χ3v) is 9.13. The lowest BCUT2D eigenvalue weighted by Crippen LogP contribution is -2.15. The van der Waals surface area contributed by atoms with E-state index in [2.05, 4.69) is 36.2 Å². The lowest BCUT2D eigenvalue weighted by Gasteiger charge is -2.29. The maximum atomic E-state index is 12.7. The van der Waals surface area contributed by atoms with E-state index in [0.29, 0.717) is 28.5 Å². The van der Waals surface area contributed by atoms with E-state index >= 15 is 0 Å². The van der Waals surface area contributed by atoms with Gasteiger partial charge < -0.3 is 9.47 Å². The van der Waals surface area contributed by atoms with E-state index < -0.39 is 5.97 Å². The highest BCUT2D eigenvalue weighted by Gasteiger charge is 2.22. The summed E-state index contributed by atoms with van der Waals surface area (Å²) in [7, 11) is 0. The van der Waals surface area contributed by atoms with Crippen LogP contribution in [0.25, 0.3) is 0 Å². The number of esters is 2. The van der Waals surface area contributed by atoms with Gasteiger partial charge in [0.15, 0.2) is 0 Å². The van der Waals surface area contributed by atoms with Crippen molar-refractivity contribution < 1.29 is 19.1 Å². The summed E-state index contributed by atoms with van der Waals surface area (Å²) >= 11 is 0. The van der Waals surface area contributed by atoms with Crippen molar-refractivity contribution in [2.24, 2.45) is 16.1 Å². The number of unbranched alkanes of at least 4 members (excludes halogenated alkanes) is 6. The molecule has 0 radical (unpaired) electrons. The minimum atomic E-state index is -0.486. The van der Waals surface area contributed by atoms with Crippen LogP contribution in [0.3, 0.4) is 0 Å². The number of nitrogens with zero attached hydrogens (tertiary/aromatic N) is 2. The van der Waals surface area contributed by atoms with Crippen LogP contribution in [0.2, 0.25) is 0 Å². The molecule has 0 unspecified atom stereocenters. The van der Waals surface area contributed by atoms with Crippen LogP contribution in [0, 0.1) is 5.92 Å². The summed E-state index contributed by atoms with van der Waals surface area (Å²) in [6.45, 7) is 6.37. The van der Waals surface area contributed by atoms with Crippen molar-refractivity contribution in [3.05, 3.63) is 89.5 Å². The van der Waals surface area contributed by atoms with E-state index in [0.717, 1.165) is 30.9 Å². The quantitative estimate of drug-likeness (QED) is 0.0648. The van der Waals surface area contributed by atoms with Crippen molar-refractivity contribution in [2.75, 3.05) is 0 Å². The number of ether oxygens (including phenoxy) is 2. The van der Waals surface area contributed by atoms with Gasteiger partial charge in [0.25, 0.3) is 0 Å². The lowest BCUT2D eigenvalue weighted by molar-refractivity contribution is 0.0319. The second-order valence-electron chi connectivity index (χ2n) is 12.9. The Hall–Kier alpha value is -3.80. The summed E-state index contributed by atoms with van der Waals surface area (Å²) in [6.07, 6.45) is 17.4. The second kappa shape index (κ2) is 19.0. The van der Waals surface area contributed by atoms with Crippen LogP contribution in [0.4, 0.5) is 11.4 Å². The van der Waals surface area contributed by atoms with Crippen LogP contribution in [-0.2, 0) is 4.74 Å². The van der Waals surface area contributed by atoms with Gasteiger partial charge in [-0.3, -0.25) is 0 Å². The maximum Gasteiger partial charge on any atom is 0.343 e. The molecule has 3 aromatic carbocycles. The van der Waals surface area contributed by atoms with Gasteiger partial charge in [0.1, 0.15) is 5.75 Å². The minimum absolute atomic E-state index is 0.130. The highest BCUT2D eigenvalue weighted by atomic mass is 16.5. The normalized spacial score (nSPS) is 17.1. The maximum absolute atomic E-state index is 12.7. The van der Waals surface area contributed by atoms with Crippen molar-refractivity contribution in [1.82, 2.24) is 0 Å². The highest BCUT2D eigenvalue weighted by Crippen LogP contribution is 2.38. The smallest absolute Gasteiger partial charge is 0.343 e. The van der Waals surface area contributed by atoms with Gasteiger partial charge in [-0.1, -0.05) is 77.3 Å². The van der Waals surface area contributed by atoms with Crippen LogP contribution in [0.5, 0.6) is 5.75 Å². The molecule has 0 saturated heterocycles. The summed E-state index contributed by atoms with van der Waals surface area (Å²) in [5.74, 6) is 1.07. The Kier molecular flexibility index (Phi) is 14.5. The Morgan fingerprint density at radius 3 is 1.83 bits per heavy atom. The molecule has 0 spiro atoms. The molecule has 1 atom stereocenters. The molecular weight excluding hydrogens is 572 g/mol. The summed E-state index contributed by atoms with van der Waals surface area (Å²) < 4.78 is 11.1. The third kappa shape index (κ3) is 11.5. The van der Waals surface area contributed by atoms with E-state index in [1.807, 2.05) is 19.1 Å². The summed E-state index contributed by atoms with van der Waals surface area (Å²) in [4.78, 5) is 25.2. The van der Waals surface area contributed by atoms with Crippen LogP contribution >= 0.6 is 0 Å². The largest absolute Gasteiger partial charge is 0.459 e. The van der Waals surface area contributed by atoms with Gasteiger partial charge in [0, 0.05) is 0 Å². The van der Waals surface area contributed by atoms with Crippen LogP contribution < -0.4 is 4.74 Å². The molecule has 1 saturated carbocycles. The zero-order valence-corrected chi connectivity index (χ0v) is 28.1. The Balaban J connectivity index is 1.20. The molecule has 0 amide bonds. The predicted molar refractivity (Wildman–Crippen MR) is 186 cm³/mol. The van der Waals surface area contributed by atoms with Gasteiger partial charge >= 0.3 is 11.9 Å². The molecule has 0 bridgehead atoms. The van der Waals surface area contributed by atoms with Crippen molar-refractivity contribution in [3.8, 4) is 5.75 Å². The van der Waals surface area contributed by atoms with Crippen molar-refractivity contribution >= 4 is 23.3 Å².